The lowest BCUT2D eigenvalue weighted by atomic mass is 10.1. The first-order valence-electron chi connectivity index (χ1n) is 10.6. The van der Waals surface area contributed by atoms with E-state index in [2.05, 4.69) is 0 Å². The molecule has 1 fully saturated rings. The van der Waals surface area contributed by atoms with Gasteiger partial charge in [0.2, 0.25) is 0 Å². The molecule has 35 heavy (non-hydrogen) atoms. The SMILES string of the molecule is COc1ccc(-n2c(C)cc(/C=C3\SC(=O)N(CC(=O)c4ccc([N+](=O)[O-])cc4)C3=O)c2C)cc1. The van der Waals surface area contributed by atoms with E-state index in [4.69, 9.17) is 4.74 Å². The largest absolute Gasteiger partial charge is 0.497 e. The number of aromatic nitrogens is 1. The van der Waals surface area contributed by atoms with Gasteiger partial charge in [0.15, 0.2) is 5.78 Å². The van der Waals surface area contributed by atoms with E-state index in [1.54, 1.807) is 13.2 Å². The quantitative estimate of drug-likeness (QED) is 0.199. The number of benzene rings is 2. The minimum absolute atomic E-state index is 0.150. The van der Waals surface area contributed by atoms with E-state index in [0.717, 1.165) is 45.1 Å². The van der Waals surface area contributed by atoms with Gasteiger partial charge in [-0.1, -0.05) is 0 Å². The van der Waals surface area contributed by atoms with Crippen molar-refractivity contribution >= 4 is 40.5 Å². The predicted molar refractivity (Wildman–Crippen MR) is 132 cm³/mol. The van der Waals surface area contributed by atoms with Gasteiger partial charge in [-0.15, -0.1) is 0 Å². The number of nitro benzene ring substituents is 1. The molecule has 178 valence electrons. The summed E-state index contributed by atoms with van der Waals surface area (Å²) in [4.78, 5) is 49.4. The fraction of sp³-hybridized carbons (Fsp3) is 0.160. The maximum absolute atomic E-state index is 12.9. The van der Waals surface area contributed by atoms with E-state index in [1.165, 1.54) is 24.3 Å². The van der Waals surface area contributed by atoms with E-state index >= 15 is 0 Å². The zero-order valence-electron chi connectivity index (χ0n) is 19.2. The summed E-state index contributed by atoms with van der Waals surface area (Å²) >= 11 is 0.776. The van der Waals surface area contributed by atoms with Gasteiger partial charge >= 0.3 is 0 Å². The van der Waals surface area contributed by atoms with Gasteiger partial charge in [-0.2, -0.15) is 0 Å². The maximum Gasteiger partial charge on any atom is 0.293 e. The van der Waals surface area contributed by atoms with Crippen LogP contribution in [-0.4, -0.2) is 45.0 Å². The van der Waals surface area contributed by atoms with Crippen molar-refractivity contribution in [3.05, 3.63) is 92.1 Å². The summed E-state index contributed by atoms with van der Waals surface area (Å²) in [6.45, 7) is 3.43. The number of hydrogen-bond acceptors (Lipinski definition) is 7. The first-order valence-corrected chi connectivity index (χ1v) is 11.4. The average Bonchev–Trinajstić information content (AvgIpc) is 3.27. The number of rotatable bonds is 7. The van der Waals surface area contributed by atoms with Crippen LogP contribution in [-0.2, 0) is 4.79 Å². The second-order valence-electron chi connectivity index (χ2n) is 7.85. The van der Waals surface area contributed by atoms with Crippen LogP contribution in [0.5, 0.6) is 5.75 Å². The number of hydrogen-bond donors (Lipinski definition) is 0. The first kappa shape index (κ1) is 24.0. The number of Topliss-reactive ketones (excluding diaryl/α,β-unsaturated/α-hetero) is 1. The topological polar surface area (TPSA) is 112 Å². The summed E-state index contributed by atoms with van der Waals surface area (Å²) in [6, 6.07) is 14.5. The van der Waals surface area contributed by atoms with Gasteiger partial charge in [0.05, 0.1) is 23.5 Å². The summed E-state index contributed by atoms with van der Waals surface area (Å²) in [7, 11) is 1.60. The molecule has 1 aliphatic heterocycles. The molecule has 0 aliphatic carbocycles. The Morgan fingerprint density at radius 3 is 2.34 bits per heavy atom. The molecule has 1 saturated heterocycles. The highest BCUT2D eigenvalue weighted by molar-refractivity contribution is 8.18. The van der Waals surface area contributed by atoms with Gasteiger partial charge in [-0.25, -0.2) is 0 Å². The van der Waals surface area contributed by atoms with Crippen molar-refractivity contribution in [1.29, 1.82) is 0 Å². The molecule has 3 aromatic rings. The zero-order chi connectivity index (χ0) is 25.3. The number of methoxy groups -OCH3 is 1. The summed E-state index contributed by atoms with van der Waals surface area (Å²) in [6.07, 6.45) is 1.66. The number of ketones is 1. The molecular formula is C25H21N3O6S. The number of aryl methyl sites for hydroxylation is 1. The third kappa shape index (κ3) is 4.73. The Morgan fingerprint density at radius 1 is 1.09 bits per heavy atom. The number of amides is 2. The smallest absolute Gasteiger partial charge is 0.293 e. The fourth-order valence-electron chi connectivity index (χ4n) is 3.84. The summed E-state index contributed by atoms with van der Waals surface area (Å²) in [5.41, 5.74) is 3.59. The lowest BCUT2D eigenvalue weighted by Crippen LogP contribution is -2.33. The Morgan fingerprint density at radius 2 is 1.74 bits per heavy atom. The Bertz CT molecular complexity index is 1370. The van der Waals surface area contributed by atoms with Crippen molar-refractivity contribution in [2.75, 3.05) is 13.7 Å². The van der Waals surface area contributed by atoms with Crippen LogP contribution in [0, 0.1) is 24.0 Å². The van der Waals surface area contributed by atoms with Crippen molar-refractivity contribution in [3.63, 3.8) is 0 Å². The van der Waals surface area contributed by atoms with E-state index in [1.807, 2.05) is 48.7 Å². The van der Waals surface area contributed by atoms with Crippen LogP contribution in [0.25, 0.3) is 11.8 Å². The first-order chi connectivity index (χ1) is 16.7. The molecule has 4 rings (SSSR count). The molecule has 9 nitrogen and oxygen atoms in total. The highest BCUT2D eigenvalue weighted by Gasteiger charge is 2.36. The van der Waals surface area contributed by atoms with Crippen molar-refractivity contribution in [2.24, 2.45) is 0 Å². The molecule has 0 atom stereocenters. The lowest BCUT2D eigenvalue weighted by Gasteiger charge is -2.11. The minimum Gasteiger partial charge on any atom is -0.497 e. The molecular weight excluding hydrogens is 470 g/mol. The van der Waals surface area contributed by atoms with E-state index in [9.17, 15) is 24.5 Å². The third-order valence-corrected chi connectivity index (χ3v) is 6.57. The predicted octanol–water partition coefficient (Wildman–Crippen LogP) is 4.93. The van der Waals surface area contributed by atoms with Gasteiger partial charge in [0.1, 0.15) is 5.75 Å². The minimum atomic E-state index is -0.568. The van der Waals surface area contributed by atoms with Gasteiger partial charge in [0, 0.05) is 34.8 Å². The molecule has 0 radical (unpaired) electrons. The molecule has 0 saturated carbocycles. The molecule has 1 aliphatic rings. The molecule has 1 aromatic heterocycles. The molecule has 2 heterocycles. The van der Waals surface area contributed by atoms with Crippen LogP contribution in [0.1, 0.15) is 27.3 Å². The number of imide groups is 1. The molecule has 10 heteroatoms. The second-order valence-corrected chi connectivity index (χ2v) is 8.85. The van der Waals surface area contributed by atoms with E-state index in [0.29, 0.717) is 0 Å². The number of carbonyl (C=O) groups excluding carboxylic acids is 3. The van der Waals surface area contributed by atoms with Crippen LogP contribution >= 0.6 is 11.8 Å². The number of nitrogens with zero attached hydrogens (tertiary/aromatic N) is 3. The Balaban J connectivity index is 1.54. The van der Waals surface area contributed by atoms with Crippen LogP contribution < -0.4 is 4.74 Å². The van der Waals surface area contributed by atoms with Crippen LogP contribution in [0.2, 0.25) is 0 Å². The maximum atomic E-state index is 12.9. The fourth-order valence-corrected chi connectivity index (χ4v) is 4.67. The monoisotopic (exact) mass is 491 g/mol. The average molecular weight is 492 g/mol. The molecule has 0 N–H and O–H groups in total. The summed E-state index contributed by atoms with van der Waals surface area (Å²) < 4.78 is 7.25. The molecule has 2 amide bonds. The molecule has 0 spiro atoms. The Kier molecular flexibility index (Phi) is 6.57. The lowest BCUT2D eigenvalue weighted by molar-refractivity contribution is -0.384. The number of nitro groups is 1. The number of ether oxygens (including phenoxy) is 1. The Labute approximate surface area is 205 Å². The van der Waals surface area contributed by atoms with Crippen molar-refractivity contribution < 1.29 is 24.0 Å². The number of non-ortho nitro benzene ring substituents is 1. The van der Waals surface area contributed by atoms with Crippen LogP contribution in [0.3, 0.4) is 0 Å². The standard InChI is InChI=1S/C25H21N3O6S/c1-15-12-18(16(2)27(15)19-8-10-21(34-3)11-9-19)13-23-24(30)26(25(31)35-23)14-22(29)17-4-6-20(7-5-17)28(32)33/h4-13H,14H2,1-3H3/b23-13-. The van der Waals surface area contributed by atoms with E-state index in [-0.39, 0.29) is 16.2 Å². The van der Waals surface area contributed by atoms with Gasteiger partial charge in [-0.3, -0.25) is 29.4 Å². The van der Waals surface area contributed by atoms with Crippen molar-refractivity contribution in [1.82, 2.24) is 9.47 Å². The summed E-state index contributed by atoms with van der Waals surface area (Å²) in [5.74, 6) is -0.293. The van der Waals surface area contributed by atoms with Crippen LogP contribution in [0.4, 0.5) is 10.5 Å². The van der Waals surface area contributed by atoms with Crippen molar-refractivity contribution in [3.8, 4) is 11.4 Å². The van der Waals surface area contributed by atoms with E-state index < -0.39 is 28.4 Å². The van der Waals surface area contributed by atoms with Gasteiger partial charge in [-0.05, 0) is 79.7 Å². The second kappa shape index (κ2) is 9.59. The van der Waals surface area contributed by atoms with Gasteiger partial charge in [0.25, 0.3) is 16.8 Å². The summed E-state index contributed by atoms with van der Waals surface area (Å²) in [5, 5.41) is 10.3. The Hall–Kier alpha value is -4.18. The van der Waals surface area contributed by atoms with Crippen molar-refractivity contribution in [2.45, 2.75) is 13.8 Å². The third-order valence-electron chi connectivity index (χ3n) is 5.66. The zero-order valence-corrected chi connectivity index (χ0v) is 20.0. The highest BCUT2D eigenvalue weighted by atomic mass is 32.2. The van der Waals surface area contributed by atoms with Crippen LogP contribution in [0.15, 0.2) is 59.5 Å². The molecule has 2 aromatic carbocycles. The molecule has 0 unspecified atom stereocenters. The van der Waals surface area contributed by atoms with Gasteiger partial charge < -0.3 is 9.30 Å². The normalized spacial score (nSPS) is 14.6. The molecule has 0 bridgehead atoms. The highest BCUT2D eigenvalue weighted by Crippen LogP contribution is 2.34. The number of carbonyl (C=O) groups is 3. The number of thioether (sulfide) groups is 1.